The van der Waals surface area contributed by atoms with Gasteiger partial charge in [0, 0.05) is 24.1 Å². The van der Waals surface area contributed by atoms with Gasteiger partial charge in [0.25, 0.3) is 0 Å². The van der Waals surface area contributed by atoms with Crippen molar-refractivity contribution in [1.29, 1.82) is 0 Å². The van der Waals surface area contributed by atoms with E-state index >= 15 is 0 Å². The van der Waals surface area contributed by atoms with Crippen LogP contribution in [0.3, 0.4) is 0 Å². The molecule has 0 aliphatic heterocycles. The first kappa shape index (κ1) is 16.0. The lowest BCUT2D eigenvalue weighted by molar-refractivity contribution is 0.187. The molecular formula is C16H27NO2. The number of hydrogen-bond donors (Lipinski definition) is 2. The molecule has 1 rings (SSSR count). The SMILES string of the molecule is CCC(CO)C(NC)c1c(C)cc(C)c(C)c1OC. The van der Waals surface area contributed by atoms with E-state index in [0.29, 0.717) is 0 Å². The van der Waals surface area contributed by atoms with E-state index in [0.717, 1.165) is 12.2 Å². The molecule has 3 heteroatoms. The fourth-order valence-electron chi connectivity index (χ4n) is 2.81. The Morgan fingerprint density at radius 1 is 1.26 bits per heavy atom. The standard InChI is InChI=1S/C16H27NO2/c1-7-13(9-18)15(17-5)14-11(3)8-10(2)12(4)16(14)19-6/h8,13,15,17-18H,7,9H2,1-6H3. The Kier molecular flexibility index (Phi) is 5.83. The van der Waals surface area contributed by atoms with Gasteiger partial charge in [0.05, 0.1) is 7.11 Å². The average molecular weight is 265 g/mol. The van der Waals surface area contributed by atoms with Crippen molar-refractivity contribution in [2.45, 2.75) is 40.2 Å². The maximum Gasteiger partial charge on any atom is 0.127 e. The van der Waals surface area contributed by atoms with Crippen LogP contribution >= 0.6 is 0 Å². The maximum absolute atomic E-state index is 9.59. The summed E-state index contributed by atoms with van der Waals surface area (Å²) in [4.78, 5) is 0. The molecule has 1 aromatic carbocycles. The molecule has 1 aromatic rings. The number of aliphatic hydroxyl groups excluding tert-OH is 1. The second kappa shape index (κ2) is 6.92. The highest BCUT2D eigenvalue weighted by molar-refractivity contribution is 5.51. The number of benzene rings is 1. The molecule has 108 valence electrons. The minimum absolute atomic E-state index is 0.115. The molecule has 0 fully saturated rings. The van der Waals surface area contributed by atoms with Gasteiger partial charge in [0.15, 0.2) is 0 Å². The second-order valence-electron chi connectivity index (χ2n) is 5.20. The Hall–Kier alpha value is -1.06. The number of aryl methyl sites for hydroxylation is 2. The normalized spacial score (nSPS) is 14.3. The molecule has 2 N–H and O–H groups in total. The van der Waals surface area contributed by atoms with Gasteiger partial charge in [-0.15, -0.1) is 0 Å². The molecule has 0 heterocycles. The predicted molar refractivity (Wildman–Crippen MR) is 79.9 cm³/mol. The number of nitrogens with one attached hydrogen (secondary N) is 1. The van der Waals surface area contributed by atoms with Crippen LogP contribution in [0.25, 0.3) is 0 Å². The molecule has 2 unspecified atom stereocenters. The van der Waals surface area contributed by atoms with Gasteiger partial charge in [0.2, 0.25) is 0 Å². The highest BCUT2D eigenvalue weighted by Gasteiger charge is 2.26. The molecule has 0 radical (unpaired) electrons. The van der Waals surface area contributed by atoms with Crippen LogP contribution in [-0.4, -0.2) is 25.9 Å². The van der Waals surface area contributed by atoms with Crippen LogP contribution in [0.5, 0.6) is 5.75 Å². The largest absolute Gasteiger partial charge is 0.496 e. The summed E-state index contributed by atoms with van der Waals surface area (Å²) in [5.74, 6) is 1.14. The third-order valence-corrected chi connectivity index (χ3v) is 4.09. The van der Waals surface area contributed by atoms with Gasteiger partial charge in [-0.1, -0.05) is 13.0 Å². The van der Waals surface area contributed by atoms with Gasteiger partial charge in [-0.25, -0.2) is 0 Å². The first-order chi connectivity index (χ1) is 9.01. The quantitative estimate of drug-likeness (QED) is 0.831. The van der Waals surface area contributed by atoms with Crippen molar-refractivity contribution in [2.75, 3.05) is 20.8 Å². The fourth-order valence-corrected chi connectivity index (χ4v) is 2.81. The highest BCUT2D eigenvalue weighted by atomic mass is 16.5. The van der Waals surface area contributed by atoms with Crippen molar-refractivity contribution >= 4 is 0 Å². The molecule has 0 saturated carbocycles. The molecule has 0 amide bonds. The number of methoxy groups -OCH3 is 1. The zero-order chi connectivity index (χ0) is 14.6. The average Bonchev–Trinajstić information content (AvgIpc) is 2.40. The summed E-state index contributed by atoms with van der Waals surface area (Å²) in [6.07, 6.45) is 0.928. The number of hydrogen-bond acceptors (Lipinski definition) is 3. The van der Waals surface area contributed by atoms with Gasteiger partial charge in [-0.05, 0) is 50.9 Å². The maximum atomic E-state index is 9.59. The van der Waals surface area contributed by atoms with E-state index in [-0.39, 0.29) is 18.6 Å². The van der Waals surface area contributed by atoms with Crippen LogP contribution in [0.1, 0.15) is 41.6 Å². The number of rotatable bonds is 6. The van der Waals surface area contributed by atoms with E-state index in [9.17, 15) is 5.11 Å². The molecule has 3 nitrogen and oxygen atoms in total. The van der Waals surface area contributed by atoms with Gasteiger partial charge < -0.3 is 15.2 Å². The van der Waals surface area contributed by atoms with Crippen LogP contribution in [0, 0.1) is 26.7 Å². The number of aliphatic hydroxyl groups is 1. The van der Waals surface area contributed by atoms with Crippen LogP contribution in [0.4, 0.5) is 0 Å². The third kappa shape index (κ3) is 3.10. The topological polar surface area (TPSA) is 41.5 Å². The van der Waals surface area contributed by atoms with E-state index in [1.165, 1.54) is 22.3 Å². The van der Waals surface area contributed by atoms with Gasteiger partial charge in [0.1, 0.15) is 5.75 Å². The predicted octanol–water partition coefficient (Wildman–Crippen LogP) is 2.90. The fraction of sp³-hybridized carbons (Fsp3) is 0.625. The van der Waals surface area contributed by atoms with Crippen LogP contribution in [0.15, 0.2) is 6.07 Å². The Morgan fingerprint density at radius 3 is 2.32 bits per heavy atom. The minimum atomic E-state index is 0.115. The van der Waals surface area contributed by atoms with Crippen LogP contribution < -0.4 is 10.1 Å². The lowest BCUT2D eigenvalue weighted by Gasteiger charge is -2.29. The van der Waals surface area contributed by atoms with Crippen molar-refractivity contribution in [3.8, 4) is 5.75 Å². The summed E-state index contributed by atoms with van der Waals surface area (Å²) in [5.41, 5.74) is 4.81. The Balaban J connectivity index is 3.42. The summed E-state index contributed by atoms with van der Waals surface area (Å²) in [6, 6.07) is 2.31. The number of ether oxygens (including phenoxy) is 1. The van der Waals surface area contributed by atoms with Gasteiger partial charge in [-0.2, -0.15) is 0 Å². The molecule has 0 aliphatic carbocycles. The first-order valence-electron chi connectivity index (χ1n) is 6.94. The molecule has 19 heavy (non-hydrogen) atoms. The first-order valence-corrected chi connectivity index (χ1v) is 6.94. The Bertz CT molecular complexity index is 425. The minimum Gasteiger partial charge on any atom is -0.496 e. The molecule has 0 aromatic heterocycles. The van der Waals surface area contributed by atoms with E-state index in [1.807, 2.05) is 7.05 Å². The van der Waals surface area contributed by atoms with Crippen molar-refractivity contribution in [3.63, 3.8) is 0 Å². The van der Waals surface area contributed by atoms with Crippen molar-refractivity contribution < 1.29 is 9.84 Å². The lowest BCUT2D eigenvalue weighted by Crippen LogP contribution is -2.28. The van der Waals surface area contributed by atoms with Crippen molar-refractivity contribution in [3.05, 3.63) is 28.3 Å². The highest BCUT2D eigenvalue weighted by Crippen LogP contribution is 2.37. The molecule has 2 atom stereocenters. The summed E-state index contributed by atoms with van der Waals surface area (Å²) in [5, 5.41) is 12.9. The zero-order valence-electron chi connectivity index (χ0n) is 13.0. The van der Waals surface area contributed by atoms with E-state index < -0.39 is 0 Å². The lowest BCUT2D eigenvalue weighted by atomic mass is 9.86. The summed E-state index contributed by atoms with van der Waals surface area (Å²) in [7, 11) is 3.66. The Labute approximate surface area is 117 Å². The second-order valence-corrected chi connectivity index (χ2v) is 5.20. The Morgan fingerprint density at radius 2 is 1.89 bits per heavy atom. The monoisotopic (exact) mass is 265 g/mol. The molecule has 0 aliphatic rings. The summed E-state index contributed by atoms with van der Waals surface area (Å²) >= 11 is 0. The van der Waals surface area contributed by atoms with Crippen molar-refractivity contribution in [2.24, 2.45) is 5.92 Å². The smallest absolute Gasteiger partial charge is 0.127 e. The van der Waals surface area contributed by atoms with Gasteiger partial charge >= 0.3 is 0 Å². The molecular weight excluding hydrogens is 238 g/mol. The van der Waals surface area contributed by atoms with Crippen molar-refractivity contribution in [1.82, 2.24) is 5.32 Å². The zero-order valence-corrected chi connectivity index (χ0v) is 13.0. The molecule has 0 saturated heterocycles. The van der Waals surface area contributed by atoms with Gasteiger partial charge in [-0.3, -0.25) is 0 Å². The summed E-state index contributed by atoms with van der Waals surface area (Å²) < 4.78 is 5.64. The summed E-state index contributed by atoms with van der Waals surface area (Å²) in [6.45, 7) is 8.58. The van der Waals surface area contributed by atoms with Crippen LogP contribution in [0.2, 0.25) is 0 Å². The van der Waals surface area contributed by atoms with E-state index in [4.69, 9.17) is 4.74 Å². The van der Waals surface area contributed by atoms with E-state index in [2.05, 4.69) is 39.1 Å². The van der Waals surface area contributed by atoms with E-state index in [1.54, 1.807) is 7.11 Å². The molecule has 0 bridgehead atoms. The third-order valence-electron chi connectivity index (χ3n) is 4.09. The van der Waals surface area contributed by atoms with Crippen LogP contribution in [-0.2, 0) is 0 Å². The molecule has 0 spiro atoms.